The highest BCUT2D eigenvalue weighted by atomic mass is 16.6. The number of rotatable bonds is 3. The first-order valence-electron chi connectivity index (χ1n) is 4.70. The highest BCUT2D eigenvalue weighted by molar-refractivity contribution is 6.05. The number of hydrogen-bond acceptors (Lipinski definition) is 6. The summed E-state index contributed by atoms with van der Waals surface area (Å²) in [5.41, 5.74) is 3.64. The summed E-state index contributed by atoms with van der Waals surface area (Å²) in [6.07, 6.45) is 0. The molecule has 96 valence electrons. The molecule has 18 heavy (non-hydrogen) atoms. The van der Waals surface area contributed by atoms with E-state index in [1.54, 1.807) is 0 Å². The molecular weight excluding hydrogens is 244 g/mol. The standard InChI is InChI=1S/C10H10N2O6/c1-4-7(9(13)14)5(10(15)18-2)3-6(11)8(4)12(16)17/h3H,11H2,1-2H3,(H,13,14). The average Bonchev–Trinajstić information content (AvgIpc) is 2.25. The molecule has 0 aromatic heterocycles. The van der Waals surface area contributed by atoms with E-state index in [2.05, 4.69) is 4.74 Å². The van der Waals surface area contributed by atoms with Gasteiger partial charge in [-0.15, -0.1) is 0 Å². The number of nitro groups is 1. The topological polar surface area (TPSA) is 133 Å². The number of nitrogens with zero attached hydrogens (tertiary/aromatic N) is 1. The maximum Gasteiger partial charge on any atom is 0.338 e. The summed E-state index contributed by atoms with van der Waals surface area (Å²) in [5.74, 6) is -2.38. The lowest BCUT2D eigenvalue weighted by Gasteiger charge is -2.09. The number of ether oxygens (including phenoxy) is 1. The van der Waals surface area contributed by atoms with Crippen molar-refractivity contribution in [2.75, 3.05) is 12.8 Å². The minimum atomic E-state index is -1.46. The smallest absolute Gasteiger partial charge is 0.338 e. The molecule has 0 bridgehead atoms. The number of carboxylic acid groups (broad SMARTS) is 1. The Balaban J connectivity index is 3.72. The normalized spacial score (nSPS) is 9.89. The van der Waals surface area contributed by atoms with Gasteiger partial charge in [-0.05, 0) is 13.0 Å². The molecular formula is C10H10N2O6. The Kier molecular flexibility index (Phi) is 3.50. The Hall–Kier alpha value is -2.64. The lowest BCUT2D eigenvalue weighted by molar-refractivity contribution is -0.384. The van der Waals surface area contributed by atoms with Crippen LogP contribution >= 0.6 is 0 Å². The fraction of sp³-hybridized carbons (Fsp3) is 0.200. The number of carbonyl (C=O) groups is 2. The molecule has 8 nitrogen and oxygen atoms in total. The molecule has 0 atom stereocenters. The minimum Gasteiger partial charge on any atom is -0.478 e. The van der Waals surface area contributed by atoms with Gasteiger partial charge in [0.1, 0.15) is 5.69 Å². The molecule has 0 aliphatic carbocycles. The number of hydrogen-bond donors (Lipinski definition) is 2. The second kappa shape index (κ2) is 4.70. The second-order valence-electron chi connectivity index (χ2n) is 3.42. The molecule has 1 aromatic rings. The third kappa shape index (κ3) is 2.08. The summed E-state index contributed by atoms with van der Waals surface area (Å²) in [6, 6.07) is 0.931. The van der Waals surface area contributed by atoms with Crippen LogP contribution in [0.25, 0.3) is 0 Å². The van der Waals surface area contributed by atoms with Crippen molar-refractivity contribution < 1.29 is 24.4 Å². The number of carbonyl (C=O) groups excluding carboxylic acids is 1. The average molecular weight is 254 g/mol. The second-order valence-corrected chi connectivity index (χ2v) is 3.42. The number of nitrogen functional groups attached to an aromatic ring is 1. The van der Waals surface area contributed by atoms with E-state index in [1.165, 1.54) is 6.92 Å². The molecule has 0 saturated heterocycles. The van der Waals surface area contributed by atoms with Gasteiger partial charge in [0.25, 0.3) is 5.69 Å². The zero-order valence-corrected chi connectivity index (χ0v) is 9.59. The maximum absolute atomic E-state index is 11.4. The summed E-state index contributed by atoms with van der Waals surface area (Å²) < 4.78 is 4.41. The number of methoxy groups -OCH3 is 1. The summed E-state index contributed by atoms with van der Waals surface area (Å²) in [7, 11) is 1.07. The zero-order valence-electron chi connectivity index (χ0n) is 9.59. The monoisotopic (exact) mass is 254 g/mol. The highest BCUT2D eigenvalue weighted by Crippen LogP contribution is 2.31. The number of nitrogens with two attached hydrogens (primary N) is 1. The third-order valence-corrected chi connectivity index (χ3v) is 2.37. The van der Waals surface area contributed by atoms with Gasteiger partial charge in [0.05, 0.1) is 23.2 Å². The number of carboxylic acids is 1. The molecule has 0 unspecified atom stereocenters. The van der Waals surface area contributed by atoms with Crippen LogP contribution in [0.2, 0.25) is 0 Å². The Morgan fingerprint density at radius 2 is 2.06 bits per heavy atom. The summed E-state index contributed by atoms with van der Waals surface area (Å²) in [5, 5.41) is 19.8. The van der Waals surface area contributed by atoms with Crippen molar-refractivity contribution in [2.45, 2.75) is 6.92 Å². The van der Waals surface area contributed by atoms with E-state index in [1.807, 2.05) is 0 Å². The summed E-state index contributed by atoms with van der Waals surface area (Å²) >= 11 is 0. The zero-order chi connectivity index (χ0) is 14.0. The van der Waals surface area contributed by atoms with Gasteiger partial charge in [-0.25, -0.2) is 9.59 Å². The van der Waals surface area contributed by atoms with Crippen molar-refractivity contribution in [3.05, 3.63) is 32.9 Å². The molecule has 1 rings (SSSR count). The van der Waals surface area contributed by atoms with E-state index < -0.39 is 28.1 Å². The lowest BCUT2D eigenvalue weighted by atomic mass is 9.99. The quantitative estimate of drug-likeness (QED) is 0.355. The molecule has 0 aliphatic rings. The Labute approximate surface area is 101 Å². The molecule has 0 spiro atoms. The third-order valence-electron chi connectivity index (χ3n) is 2.37. The largest absolute Gasteiger partial charge is 0.478 e. The number of esters is 1. The van der Waals surface area contributed by atoms with Crippen molar-refractivity contribution in [2.24, 2.45) is 0 Å². The van der Waals surface area contributed by atoms with Crippen LogP contribution in [0, 0.1) is 17.0 Å². The van der Waals surface area contributed by atoms with Gasteiger partial charge in [-0.3, -0.25) is 10.1 Å². The molecule has 0 fully saturated rings. The Morgan fingerprint density at radius 1 is 1.50 bits per heavy atom. The van der Waals surface area contributed by atoms with E-state index in [0.29, 0.717) is 0 Å². The van der Waals surface area contributed by atoms with Gasteiger partial charge in [-0.1, -0.05) is 0 Å². The minimum absolute atomic E-state index is 0.187. The number of benzene rings is 1. The number of anilines is 1. The molecule has 0 saturated carbocycles. The first-order valence-corrected chi connectivity index (χ1v) is 4.70. The fourth-order valence-electron chi connectivity index (χ4n) is 1.62. The Morgan fingerprint density at radius 3 is 2.44 bits per heavy atom. The summed E-state index contributed by atoms with van der Waals surface area (Å²) in [6.45, 7) is 1.21. The molecule has 0 aliphatic heterocycles. The molecule has 0 heterocycles. The summed E-state index contributed by atoms with van der Waals surface area (Å²) in [4.78, 5) is 32.5. The first kappa shape index (κ1) is 13.4. The van der Waals surface area contributed by atoms with Gasteiger partial charge in [0, 0.05) is 5.56 Å². The van der Waals surface area contributed by atoms with Crippen molar-refractivity contribution in [1.82, 2.24) is 0 Å². The first-order chi connectivity index (χ1) is 8.31. The van der Waals surface area contributed by atoms with Crippen molar-refractivity contribution in [3.8, 4) is 0 Å². The van der Waals surface area contributed by atoms with E-state index >= 15 is 0 Å². The molecule has 8 heteroatoms. The van der Waals surface area contributed by atoms with Gasteiger partial charge in [0.15, 0.2) is 0 Å². The molecule has 1 aromatic carbocycles. The van der Waals surface area contributed by atoms with E-state index in [9.17, 15) is 19.7 Å². The lowest BCUT2D eigenvalue weighted by Crippen LogP contribution is -2.14. The van der Waals surface area contributed by atoms with Crippen LogP contribution in [0.5, 0.6) is 0 Å². The molecule has 0 radical (unpaired) electrons. The van der Waals surface area contributed by atoms with Crippen molar-refractivity contribution in [3.63, 3.8) is 0 Å². The molecule has 3 N–H and O–H groups in total. The molecule has 0 amide bonds. The van der Waals surface area contributed by atoms with Gasteiger partial charge in [0.2, 0.25) is 0 Å². The SMILES string of the molecule is COC(=O)c1cc(N)c([N+](=O)[O-])c(C)c1C(=O)O. The van der Waals surface area contributed by atoms with Gasteiger partial charge < -0.3 is 15.6 Å². The van der Waals surface area contributed by atoms with E-state index in [0.717, 1.165) is 13.2 Å². The van der Waals surface area contributed by atoms with Crippen LogP contribution in [0.3, 0.4) is 0 Å². The fourth-order valence-corrected chi connectivity index (χ4v) is 1.62. The van der Waals surface area contributed by atoms with Crippen molar-refractivity contribution >= 4 is 23.3 Å². The van der Waals surface area contributed by atoms with E-state index in [-0.39, 0.29) is 16.8 Å². The number of nitro benzene ring substituents is 1. The van der Waals surface area contributed by atoms with Gasteiger partial charge in [-0.2, -0.15) is 0 Å². The predicted molar refractivity (Wildman–Crippen MR) is 60.5 cm³/mol. The maximum atomic E-state index is 11.4. The predicted octanol–water partition coefficient (Wildman–Crippen LogP) is 0.970. The number of aromatic carboxylic acids is 1. The Bertz CT molecular complexity index is 552. The van der Waals surface area contributed by atoms with E-state index in [4.69, 9.17) is 10.8 Å². The van der Waals surface area contributed by atoms with Crippen LogP contribution in [0.15, 0.2) is 6.07 Å². The van der Waals surface area contributed by atoms with Crippen LogP contribution in [-0.4, -0.2) is 29.1 Å². The van der Waals surface area contributed by atoms with Crippen LogP contribution < -0.4 is 5.73 Å². The van der Waals surface area contributed by atoms with Gasteiger partial charge >= 0.3 is 11.9 Å². The van der Waals surface area contributed by atoms with Crippen LogP contribution in [-0.2, 0) is 4.74 Å². The highest BCUT2D eigenvalue weighted by Gasteiger charge is 2.28. The van der Waals surface area contributed by atoms with Crippen molar-refractivity contribution in [1.29, 1.82) is 0 Å². The van der Waals surface area contributed by atoms with Crippen LogP contribution in [0.1, 0.15) is 26.3 Å². The van der Waals surface area contributed by atoms with Crippen LogP contribution in [0.4, 0.5) is 11.4 Å².